The normalized spacial score (nSPS) is 13.3. The van der Waals surface area contributed by atoms with E-state index in [0.717, 1.165) is 0 Å². The van der Waals surface area contributed by atoms with Crippen LogP contribution in [-0.4, -0.2) is 30.7 Å². The molecule has 0 saturated carbocycles. The van der Waals surface area contributed by atoms with Crippen LogP contribution in [0.3, 0.4) is 0 Å². The zero-order chi connectivity index (χ0) is 10.1. The van der Waals surface area contributed by atoms with Gasteiger partial charge in [0, 0.05) is 0 Å². The maximum Gasteiger partial charge on any atom is 0.222 e. The second-order valence-electron chi connectivity index (χ2n) is 3.18. The summed E-state index contributed by atoms with van der Waals surface area (Å²) >= 11 is 0. The molecule has 2 rings (SSSR count). The molecule has 0 aromatic carbocycles. The van der Waals surface area contributed by atoms with Crippen molar-refractivity contribution < 1.29 is 5.11 Å². The smallest absolute Gasteiger partial charge is 0.222 e. The van der Waals surface area contributed by atoms with Crippen LogP contribution in [0.1, 0.15) is 6.92 Å². The first-order chi connectivity index (χ1) is 6.66. The summed E-state index contributed by atoms with van der Waals surface area (Å²) < 4.78 is 1.75. The highest BCUT2D eigenvalue weighted by molar-refractivity contribution is 5.70. The maximum atomic E-state index is 9.23. The van der Waals surface area contributed by atoms with Gasteiger partial charge in [-0.05, 0) is 6.92 Å². The van der Waals surface area contributed by atoms with Gasteiger partial charge in [0.15, 0.2) is 5.65 Å². The maximum absolute atomic E-state index is 9.23. The molecule has 2 aromatic heterocycles. The molecule has 0 aliphatic rings. The Bertz CT molecular complexity index is 450. The van der Waals surface area contributed by atoms with Gasteiger partial charge < -0.3 is 15.4 Å². The lowest BCUT2D eigenvalue weighted by atomic mass is 10.4. The summed E-state index contributed by atoms with van der Waals surface area (Å²) in [5.74, 6) is 0.213. The Morgan fingerprint density at radius 3 is 3.07 bits per heavy atom. The molecule has 3 N–H and O–H groups in total. The number of aliphatic hydroxyl groups excluding tert-OH is 1. The molecule has 6 nitrogen and oxygen atoms in total. The molecule has 0 aliphatic carbocycles. The van der Waals surface area contributed by atoms with Crippen molar-refractivity contribution in [2.24, 2.45) is 0 Å². The highest BCUT2D eigenvalue weighted by atomic mass is 16.3. The molecule has 0 radical (unpaired) electrons. The van der Waals surface area contributed by atoms with Crippen LogP contribution in [0, 0.1) is 0 Å². The van der Waals surface area contributed by atoms with E-state index in [1.165, 1.54) is 0 Å². The Hall–Kier alpha value is -1.69. The van der Waals surface area contributed by atoms with E-state index in [1.807, 2.05) is 0 Å². The first-order valence-corrected chi connectivity index (χ1v) is 4.28. The number of nitrogen functional groups attached to an aromatic ring is 1. The number of fused-ring (bicyclic) bond motifs is 1. The number of nitrogens with two attached hydrogens (primary N) is 1. The molecular weight excluding hydrogens is 182 g/mol. The monoisotopic (exact) mass is 193 g/mol. The van der Waals surface area contributed by atoms with Crippen LogP contribution >= 0.6 is 0 Å². The standard InChI is InChI=1S/C8H11N5O/c1-5(14)3-13-4-11-6-2-10-8(9)12-7(6)13/h2,4-5,14H,3H2,1H3,(H2,9,10,12)/t5-/m1/s1. The van der Waals surface area contributed by atoms with Gasteiger partial charge in [0.1, 0.15) is 5.52 Å². The molecule has 0 amide bonds. The van der Waals surface area contributed by atoms with E-state index in [0.29, 0.717) is 17.7 Å². The summed E-state index contributed by atoms with van der Waals surface area (Å²) in [4.78, 5) is 12.0. The van der Waals surface area contributed by atoms with Gasteiger partial charge in [-0.3, -0.25) is 0 Å². The number of hydrogen-bond donors (Lipinski definition) is 2. The predicted molar refractivity (Wildman–Crippen MR) is 51.4 cm³/mol. The average Bonchev–Trinajstić information content (AvgIpc) is 2.47. The van der Waals surface area contributed by atoms with Crippen LogP contribution in [0.4, 0.5) is 5.95 Å². The first-order valence-electron chi connectivity index (χ1n) is 4.28. The molecule has 1 atom stereocenters. The van der Waals surface area contributed by atoms with E-state index in [2.05, 4.69) is 15.0 Å². The zero-order valence-corrected chi connectivity index (χ0v) is 7.75. The van der Waals surface area contributed by atoms with Crippen molar-refractivity contribution in [1.29, 1.82) is 0 Å². The summed E-state index contributed by atoms with van der Waals surface area (Å²) in [7, 11) is 0. The number of anilines is 1. The lowest BCUT2D eigenvalue weighted by Crippen LogP contribution is -2.11. The van der Waals surface area contributed by atoms with Crippen LogP contribution in [0.2, 0.25) is 0 Å². The molecule has 2 aromatic rings. The fraction of sp³-hybridized carbons (Fsp3) is 0.375. The van der Waals surface area contributed by atoms with E-state index in [-0.39, 0.29) is 5.95 Å². The summed E-state index contributed by atoms with van der Waals surface area (Å²) in [6.07, 6.45) is 2.74. The molecule has 0 bridgehead atoms. The second kappa shape index (κ2) is 3.22. The number of aromatic nitrogens is 4. The van der Waals surface area contributed by atoms with Gasteiger partial charge in [0.05, 0.1) is 25.2 Å². The first kappa shape index (κ1) is 8.89. The van der Waals surface area contributed by atoms with E-state index in [1.54, 1.807) is 24.0 Å². The minimum Gasteiger partial charge on any atom is -0.392 e. The Kier molecular flexibility index (Phi) is 2.05. The second-order valence-corrected chi connectivity index (χ2v) is 3.18. The molecular formula is C8H11N5O. The summed E-state index contributed by atoms with van der Waals surface area (Å²) in [5.41, 5.74) is 6.79. The lowest BCUT2D eigenvalue weighted by molar-refractivity contribution is 0.175. The number of rotatable bonds is 2. The van der Waals surface area contributed by atoms with Gasteiger partial charge in [0.25, 0.3) is 0 Å². The van der Waals surface area contributed by atoms with Crippen LogP contribution < -0.4 is 5.73 Å². The Morgan fingerprint density at radius 1 is 1.57 bits per heavy atom. The third kappa shape index (κ3) is 1.51. The topological polar surface area (TPSA) is 89.8 Å². The molecule has 0 unspecified atom stereocenters. The van der Waals surface area contributed by atoms with Crippen LogP contribution in [0.25, 0.3) is 11.2 Å². The molecule has 2 heterocycles. The van der Waals surface area contributed by atoms with Crippen molar-refractivity contribution in [2.75, 3.05) is 5.73 Å². The highest BCUT2D eigenvalue weighted by Crippen LogP contribution is 2.10. The fourth-order valence-electron chi connectivity index (χ4n) is 1.29. The molecule has 0 spiro atoms. The van der Waals surface area contributed by atoms with Crippen molar-refractivity contribution >= 4 is 17.1 Å². The summed E-state index contributed by atoms with van der Waals surface area (Å²) in [6.45, 7) is 2.16. The zero-order valence-electron chi connectivity index (χ0n) is 7.75. The third-order valence-electron chi connectivity index (χ3n) is 1.84. The Balaban J connectivity index is 2.50. The molecule has 74 valence electrons. The molecule has 6 heteroatoms. The van der Waals surface area contributed by atoms with Crippen LogP contribution in [0.15, 0.2) is 12.5 Å². The van der Waals surface area contributed by atoms with Crippen molar-refractivity contribution in [1.82, 2.24) is 19.5 Å². The van der Waals surface area contributed by atoms with E-state index < -0.39 is 6.10 Å². The van der Waals surface area contributed by atoms with Crippen molar-refractivity contribution in [3.63, 3.8) is 0 Å². The predicted octanol–water partition coefficient (Wildman–Crippen LogP) is -0.211. The number of imidazole rings is 1. The highest BCUT2D eigenvalue weighted by Gasteiger charge is 2.06. The Morgan fingerprint density at radius 2 is 2.36 bits per heavy atom. The van der Waals surface area contributed by atoms with Gasteiger partial charge in [-0.1, -0.05) is 0 Å². The van der Waals surface area contributed by atoms with Gasteiger partial charge in [-0.2, -0.15) is 4.98 Å². The van der Waals surface area contributed by atoms with Crippen LogP contribution in [-0.2, 0) is 6.54 Å². The van der Waals surface area contributed by atoms with Crippen molar-refractivity contribution in [2.45, 2.75) is 19.6 Å². The van der Waals surface area contributed by atoms with Gasteiger partial charge >= 0.3 is 0 Å². The van der Waals surface area contributed by atoms with Crippen molar-refractivity contribution in [3.05, 3.63) is 12.5 Å². The van der Waals surface area contributed by atoms with Crippen molar-refractivity contribution in [3.8, 4) is 0 Å². The Labute approximate surface area is 80.4 Å². The van der Waals surface area contributed by atoms with E-state index in [9.17, 15) is 5.11 Å². The van der Waals surface area contributed by atoms with Gasteiger partial charge in [0.2, 0.25) is 5.95 Å². The average molecular weight is 193 g/mol. The fourth-order valence-corrected chi connectivity index (χ4v) is 1.29. The number of aliphatic hydroxyl groups is 1. The summed E-state index contributed by atoms with van der Waals surface area (Å²) in [6, 6.07) is 0. The number of nitrogens with zero attached hydrogens (tertiary/aromatic N) is 4. The largest absolute Gasteiger partial charge is 0.392 e. The SMILES string of the molecule is C[C@@H](O)Cn1cnc2cnc(N)nc21. The van der Waals surface area contributed by atoms with Crippen LogP contribution in [0.5, 0.6) is 0 Å². The van der Waals surface area contributed by atoms with Gasteiger partial charge in [-0.15, -0.1) is 0 Å². The molecule has 0 saturated heterocycles. The molecule has 0 aliphatic heterocycles. The van der Waals surface area contributed by atoms with E-state index in [4.69, 9.17) is 5.73 Å². The lowest BCUT2D eigenvalue weighted by Gasteiger charge is -2.05. The minimum absolute atomic E-state index is 0.213. The summed E-state index contributed by atoms with van der Waals surface area (Å²) in [5, 5.41) is 9.23. The molecule has 0 fully saturated rings. The minimum atomic E-state index is -0.441. The number of hydrogen-bond acceptors (Lipinski definition) is 5. The van der Waals surface area contributed by atoms with Gasteiger partial charge in [-0.25, -0.2) is 9.97 Å². The molecule has 14 heavy (non-hydrogen) atoms. The van der Waals surface area contributed by atoms with E-state index >= 15 is 0 Å². The quantitative estimate of drug-likeness (QED) is 0.688. The third-order valence-corrected chi connectivity index (χ3v) is 1.84.